The lowest BCUT2D eigenvalue weighted by Crippen LogP contribution is -2.41. The quantitative estimate of drug-likeness (QED) is 0.615. The first-order chi connectivity index (χ1) is 10.1. The molecule has 6 heteroatoms. The van der Waals surface area contributed by atoms with E-state index in [1.165, 1.54) is 0 Å². The molecular weight excluding hydrogens is 288 g/mol. The molecule has 0 saturated heterocycles. The van der Waals surface area contributed by atoms with E-state index in [0.29, 0.717) is 5.56 Å². The summed E-state index contributed by atoms with van der Waals surface area (Å²) in [4.78, 5) is 34.9. The minimum Gasteiger partial charge on any atom is -0.481 e. The van der Waals surface area contributed by atoms with Gasteiger partial charge in [0.2, 0.25) is 0 Å². The van der Waals surface area contributed by atoms with Crippen LogP contribution in [0.1, 0.15) is 26.3 Å². The van der Waals surface area contributed by atoms with Gasteiger partial charge in [0.15, 0.2) is 5.92 Å². The first-order valence-corrected chi connectivity index (χ1v) is 6.84. The fourth-order valence-corrected chi connectivity index (χ4v) is 2.02. The number of hydrogen-bond donors (Lipinski definition) is 2. The molecule has 0 aromatic heterocycles. The summed E-state index contributed by atoms with van der Waals surface area (Å²) in [6.07, 6.45) is -0.0631. The molecule has 2 unspecified atom stereocenters. The van der Waals surface area contributed by atoms with Crippen molar-refractivity contribution in [3.8, 4) is 0 Å². The Kier molecular flexibility index (Phi) is 5.68. The Balaban J connectivity index is 3.05. The van der Waals surface area contributed by atoms with Crippen LogP contribution in [-0.2, 0) is 25.5 Å². The number of carbonyl (C=O) groups is 3. The molecule has 0 aliphatic heterocycles. The maximum Gasteiger partial charge on any atom is 0.321 e. The molecule has 1 rings (SSSR count). The van der Waals surface area contributed by atoms with E-state index in [4.69, 9.17) is 4.74 Å². The van der Waals surface area contributed by atoms with Gasteiger partial charge in [-0.15, -0.1) is 0 Å². The van der Waals surface area contributed by atoms with E-state index in [0.717, 1.165) is 0 Å². The number of esters is 1. The van der Waals surface area contributed by atoms with Gasteiger partial charge in [0.05, 0.1) is 5.92 Å². The Morgan fingerprint density at radius 1 is 1.05 bits per heavy atom. The van der Waals surface area contributed by atoms with Gasteiger partial charge in [-0.1, -0.05) is 30.3 Å². The van der Waals surface area contributed by atoms with E-state index >= 15 is 0 Å². The molecule has 0 aliphatic rings. The van der Waals surface area contributed by atoms with Crippen molar-refractivity contribution in [2.75, 3.05) is 0 Å². The first kappa shape index (κ1) is 17.7. The molecule has 0 spiro atoms. The number of aliphatic carboxylic acids is 2. The SMILES string of the molecule is CC(C)(C)OC(=O)C(C(=O)O)C(Cc1ccccc1)C(=O)O. The summed E-state index contributed by atoms with van der Waals surface area (Å²) in [5.41, 5.74) is -0.245. The third-order valence-corrected chi connectivity index (χ3v) is 2.94. The van der Waals surface area contributed by atoms with E-state index in [1.54, 1.807) is 51.1 Å². The van der Waals surface area contributed by atoms with Gasteiger partial charge in [0, 0.05) is 0 Å². The van der Waals surface area contributed by atoms with Crippen LogP contribution in [0.15, 0.2) is 30.3 Å². The average molecular weight is 308 g/mol. The maximum absolute atomic E-state index is 12.1. The zero-order chi connectivity index (χ0) is 16.9. The lowest BCUT2D eigenvalue weighted by atomic mass is 9.86. The highest BCUT2D eigenvalue weighted by atomic mass is 16.6. The molecule has 0 fully saturated rings. The topological polar surface area (TPSA) is 101 Å². The molecule has 6 nitrogen and oxygen atoms in total. The highest BCUT2D eigenvalue weighted by Crippen LogP contribution is 2.23. The predicted molar refractivity (Wildman–Crippen MR) is 78.2 cm³/mol. The molecule has 0 amide bonds. The third kappa shape index (κ3) is 5.20. The highest BCUT2D eigenvalue weighted by molar-refractivity contribution is 5.98. The number of carbonyl (C=O) groups excluding carboxylic acids is 1. The summed E-state index contributed by atoms with van der Waals surface area (Å²) in [5, 5.41) is 18.6. The smallest absolute Gasteiger partial charge is 0.321 e. The predicted octanol–water partition coefficient (Wildman–Crippen LogP) is 1.97. The van der Waals surface area contributed by atoms with Crippen molar-refractivity contribution in [1.82, 2.24) is 0 Å². The van der Waals surface area contributed by atoms with Crippen LogP contribution in [0.4, 0.5) is 0 Å². The molecule has 1 aromatic rings. The summed E-state index contributed by atoms with van der Waals surface area (Å²) < 4.78 is 5.05. The summed E-state index contributed by atoms with van der Waals surface area (Å²) >= 11 is 0. The molecule has 2 atom stereocenters. The van der Waals surface area contributed by atoms with Crippen LogP contribution in [0.5, 0.6) is 0 Å². The molecular formula is C16H20O6. The van der Waals surface area contributed by atoms with Crippen LogP contribution in [-0.4, -0.2) is 33.7 Å². The minimum absolute atomic E-state index is 0.0631. The summed E-state index contributed by atoms with van der Waals surface area (Å²) in [6.45, 7) is 4.78. The second-order valence-electron chi connectivity index (χ2n) is 5.98. The zero-order valence-electron chi connectivity index (χ0n) is 12.8. The number of benzene rings is 1. The fraction of sp³-hybridized carbons (Fsp3) is 0.438. The first-order valence-electron chi connectivity index (χ1n) is 6.84. The monoisotopic (exact) mass is 308 g/mol. The molecule has 0 aliphatic carbocycles. The largest absolute Gasteiger partial charge is 0.481 e. The van der Waals surface area contributed by atoms with E-state index in [1.807, 2.05) is 0 Å². The van der Waals surface area contributed by atoms with Crippen LogP contribution in [0.25, 0.3) is 0 Å². The van der Waals surface area contributed by atoms with Gasteiger partial charge < -0.3 is 14.9 Å². The number of rotatable bonds is 6. The van der Waals surface area contributed by atoms with E-state index in [9.17, 15) is 24.6 Å². The van der Waals surface area contributed by atoms with Crippen molar-refractivity contribution in [2.45, 2.75) is 32.8 Å². The molecule has 0 bridgehead atoms. The van der Waals surface area contributed by atoms with Gasteiger partial charge in [-0.25, -0.2) is 0 Å². The number of carboxylic acids is 2. The lowest BCUT2D eigenvalue weighted by molar-refractivity contribution is -0.173. The number of carboxylic acid groups (broad SMARTS) is 2. The van der Waals surface area contributed by atoms with E-state index in [-0.39, 0.29) is 6.42 Å². The summed E-state index contributed by atoms with van der Waals surface area (Å²) in [7, 11) is 0. The summed E-state index contributed by atoms with van der Waals surface area (Å²) in [5.74, 6) is -7.03. The van der Waals surface area contributed by atoms with Gasteiger partial charge >= 0.3 is 17.9 Å². The Morgan fingerprint density at radius 2 is 1.59 bits per heavy atom. The second-order valence-corrected chi connectivity index (χ2v) is 5.98. The fourth-order valence-electron chi connectivity index (χ4n) is 2.02. The number of hydrogen-bond acceptors (Lipinski definition) is 4. The van der Waals surface area contributed by atoms with E-state index < -0.39 is 35.3 Å². The Bertz CT molecular complexity index is 544. The lowest BCUT2D eigenvalue weighted by Gasteiger charge is -2.25. The highest BCUT2D eigenvalue weighted by Gasteiger charge is 2.42. The van der Waals surface area contributed by atoms with Crippen molar-refractivity contribution in [3.05, 3.63) is 35.9 Å². The van der Waals surface area contributed by atoms with Gasteiger partial charge in [0.1, 0.15) is 5.60 Å². The molecule has 120 valence electrons. The van der Waals surface area contributed by atoms with Crippen LogP contribution in [0, 0.1) is 11.8 Å². The molecule has 1 aromatic carbocycles. The third-order valence-electron chi connectivity index (χ3n) is 2.94. The Morgan fingerprint density at radius 3 is 2.00 bits per heavy atom. The Labute approximate surface area is 128 Å². The van der Waals surface area contributed by atoms with Crippen molar-refractivity contribution in [2.24, 2.45) is 11.8 Å². The summed E-state index contributed by atoms with van der Waals surface area (Å²) in [6, 6.07) is 8.57. The van der Waals surface area contributed by atoms with Crippen LogP contribution < -0.4 is 0 Å². The van der Waals surface area contributed by atoms with Crippen LogP contribution in [0.3, 0.4) is 0 Å². The van der Waals surface area contributed by atoms with Crippen LogP contribution in [0.2, 0.25) is 0 Å². The van der Waals surface area contributed by atoms with Crippen molar-refractivity contribution in [1.29, 1.82) is 0 Å². The molecule has 0 heterocycles. The standard InChI is InChI=1S/C16H20O6/c1-16(2,3)22-15(21)12(14(19)20)11(13(17)18)9-10-7-5-4-6-8-10/h4-8,11-12H,9H2,1-3H3,(H,17,18)(H,19,20). The van der Waals surface area contributed by atoms with Crippen molar-refractivity contribution in [3.63, 3.8) is 0 Å². The molecule has 2 N–H and O–H groups in total. The maximum atomic E-state index is 12.1. The minimum atomic E-state index is -1.75. The molecule has 0 radical (unpaired) electrons. The Hall–Kier alpha value is -2.37. The van der Waals surface area contributed by atoms with Gasteiger partial charge in [-0.2, -0.15) is 0 Å². The van der Waals surface area contributed by atoms with Gasteiger partial charge in [-0.05, 0) is 32.8 Å². The van der Waals surface area contributed by atoms with Crippen molar-refractivity contribution >= 4 is 17.9 Å². The van der Waals surface area contributed by atoms with Crippen molar-refractivity contribution < 1.29 is 29.3 Å². The van der Waals surface area contributed by atoms with Gasteiger partial charge in [-0.3, -0.25) is 14.4 Å². The molecule has 22 heavy (non-hydrogen) atoms. The number of ether oxygens (including phenoxy) is 1. The average Bonchev–Trinajstić information content (AvgIpc) is 2.36. The normalized spacial score (nSPS) is 14.0. The molecule has 0 saturated carbocycles. The van der Waals surface area contributed by atoms with Crippen LogP contribution >= 0.6 is 0 Å². The second kappa shape index (κ2) is 7.06. The van der Waals surface area contributed by atoms with E-state index in [2.05, 4.69) is 0 Å². The zero-order valence-corrected chi connectivity index (χ0v) is 12.8. The van der Waals surface area contributed by atoms with Gasteiger partial charge in [0.25, 0.3) is 0 Å².